The molecular formula is C14H19N3O6SSi. The molecule has 0 spiro atoms. The molecule has 0 saturated carbocycles. The van der Waals surface area contributed by atoms with Gasteiger partial charge in [-0.25, -0.2) is 18.2 Å². The van der Waals surface area contributed by atoms with Crippen LogP contribution in [0.1, 0.15) is 13.8 Å². The predicted molar refractivity (Wildman–Crippen MR) is 92.5 cm³/mol. The Bertz CT molecular complexity index is 861. The standard InChI is InChI=1S/C14H19N3O6SSi/c1-4-22-14(25-3,23-5-2)24(20,21)9-6-7-10-11(8-9)16-12(15-10)17-13(18)19/h6-8H,4-5H2,1-3H3,(H,18,19)(H2,15,16,17). The van der Waals surface area contributed by atoms with Gasteiger partial charge in [0.15, 0.2) is 0 Å². The molecule has 25 heavy (non-hydrogen) atoms. The summed E-state index contributed by atoms with van der Waals surface area (Å²) >= 11 is 0. The third-order valence-corrected chi connectivity index (χ3v) is 7.46. The van der Waals surface area contributed by atoms with Crippen molar-refractivity contribution in [3.05, 3.63) is 18.2 Å². The van der Waals surface area contributed by atoms with Gasteiger partial charge in [-0.3, -0.25) is 5.32 Å². The van der Waals surface area contributed by atoms with E-state index in [9.17, 15) is 13.2 Å². The van der Waals surface area contributed by atoms with Crippen LogP contribution in [0.3, 0.4) is 0 Å². The largest absolute Gasteiger partial charge is 0.465 e. The molecule has 0 aliphatic carbocycles. The zero-order valence-corrected chi connectivity index (χ0v) is 15.8. The van der Waals surface area contributed by atoms with Crippen LogP contribution in [0.2, 0.25) is 6.55 Å². The number of sulfone groups is 1. The molecular weight excluding hydrogens is 366 g/mol. The maximum absolute atomic E-state index is 13.1. The maximum Gasteiger partial charge on any atom is 0.411 e. The highest BCUT2D eigenvalue weighted by Gasteiger charge is 2.45. The van der Waals surface area contributed by atoms with Crippen LogP contribution < -0.4 is 5.32 Å². The molecule has 1 amide bonds. The number of carbonyl (C=O) groups is 1. The molecule has 2 rings (SSSR count). The lowest BCUT2D eigenvalue weighted by Gasteiger charge is -2.31. The topological polar surface area (TPSA) is 131 Å². The molecule has 1 heterocycles. The summed E-state index contributed by atoms with van der Waals surface area (Å²) in [4.78, 5) is 17.4. The molecule has 0 aliphatic rings. The van der Waals surface area contributed by atoms with Crippen LogP contribution in [0.15, 0.2) is 23.1 Å². The highest BCUT2D eigenvalue weighted by Crippen LogP contribution is 2.30. The number of imidazole rings is 1. The molecule has 9 nitrogen and oxygen atoms in total. The Balaban J connectivity index is 2.52. The van der Waals surface area contributed by atoms with Crippen LogP contribution in [0.5, 0.6) is 0 Å². The average molecular weight is 385 g/mol. The van der Waals surface area contributed by atoms with Gasteiger partial charge in [-0.1, -0.05) is 6.55 Å². The summed E-state index contributed by atoms with van der Waals surface area (Å²) in [7, 11) is -4.12. The summed E-state index contributed by atoms with van der Waals surface area (Å²) in [5.74, 6) is 0.00953. The first-order chi connectivity index (χ1) is 11.8. The smallest absolute Gasteiger partial charge is 0.411 e. The fraction of sp³-hybridized carbons (Fsp3) is 0.429. The second-order valence-corrected chi connectivity index (χ2v) is 8.41. The fourth-order valence-electron chi connectivity index (χ4n) is 2.33. The molecule has 11 heteroatoms. The van der Waals surface area contributed by atoms with E-state index in [0.29, 0.717) is 11.0 Å². The number of anilines is 1. The number of hydrogen-bond acceptors (Lipinski definition) is 6. The van der Waals surface area contributed by atoms with Crippen LogP contribution in [-0.2, 0) is 19.3 Å². The number of hydrogen-bond donors (Lipinski definition) is 3. The Morgan fingerprint density at radius 3 is 2.52 bits per heavy atom. The van der Waals surface area contributed by atoms with Crippen molar-refractivity contribution in [1.82, 2.24) is 9.97 Å². The molecule has 0 fully saturated rings. The van der Waals surface area contributed by atoms with Gasteiger partial charge in [-0.2, -0.15) is 0 Å². The van der Waals surface area contributed by atoms with Gasteiger partial charge in [0.05, 0.1) is 15.9 Å². The van der Waals surface area contributed by atoms with Crippen LogP contribution in [0.25, 0.3) is 11.0 Å². The lowest BCUT2D eigenvalue weighted by Crippen LogP contribution is -2.48. The fourth-order valence-corrected chi connectivity index (χ4v) is 5.71. The van der Waals surface area contributed by atoms with E-state index in [1.54, 1.807) is 20.4 Å². The number of ether oxygens (including phenoxy) is 2. The number of benzene rings is 1. The van der Waals surface area contributed by atoms with Crippen LogP contribution in [-0.4, -0.2) is 57.1 Å². The van der Waals surface area contributed by atoms with E-state index in [-0.39, 0.29) is 33.6 Å². The second-order valence-electron chi connectivity index (χ2n) is 4.87. The molecule has 0 unspecified atom stereocenters. The molecule has 3 N–H and O–H groups in total. The van der Waals surface area contributed by atoms with Crippen molar-refractivity contribution in [2.24, 2.45) is 0 Å². The van der Waals surface area contributed by atoms with Gasteiger partial charge in [0, 0.05) is 13.2 Å². The van der Waals surface area contributed by atoms with Crippen molar-refractivity contribution in [2.75, 3.05) is 18.5 Å². The van der Waals surface area contributed by atoms with E-state index in [4.69, 9.17) is 14.6 Å². The molecule has 1 aromatic carbocycles. The lowest BCUT2D eigenvalue weighted by atomic mass is 10.3. The molecule has 2 aromatic rings. The average Bonchev–Trinajstić information content (AvgIpc) is 2.94. The van der Waals surface area contributed by atoms with Crippen molar-refractivity contribution >= 4 is 42.4 Å². The van der Waals surface area contributed by atoms with E-state index in [1.807, 2.05) is 0 Å². The number of aromatic amines is 1. The number of carboxylic acid groups (broad SMARTS) is 1. The minimum atomic E-state index is -3.96. The lowest BCUT2D eigenvalue weighted by molar-refractivity contribution is -0.116. The van der Waals surface area contributed by atoms with E-state index >= 15 is 0 Å². The minimum absolute atomic E-state index is 0.00164. The number of nitrogens with zero attached hydrogens (tertiary/aromatic N) is 1. The Morgan fingerprint density at radius 2 is 2.00 bits per heavy atom. The maximum atomic E-state index is 13.1. The van der Waals surface area contributed by atoms with Crippen LogP contribution >= 0.6 is 0 Å². The summed E-state index contributed by atoms with van der Waals surface area (Å²) in [6.45, 7) is 5.46. The SMILES string of the molecule is CCOC(OCC)([Si]C)S(=O)(=O)c1ccc2nc(NC(=O)O)[nH]c2c1. The highest BCUT2D eigenvalue weighted by molar-refractivity contribution is 7.93. The van der Waals surface area contributed by atoms with Crippen LogP contribution in [0, 0.1) is 0 Å². The first-order valence-electron chi connectivity index (χ1n) is 7.50. The normalized spacial score (nSPS) is 12.4. The molecule has 136 valence electrons. The third-order valence-electron chi connectivity index (χ3n) is 3.32. The highest BCUT2D eigenvalue weighted by atomic mass is 32.2. The molecule has 0 bridgehead atoms. The number of amides is 1. The summed E-state index contributed by atoms with van der Waals surface area (Å²) in [6, 6.07) is 4.28. The van der Waals surface area contributed by atoms with Gasteiger partial charge in [-0.15, -0.1) is 0 Å². The van der Waals surface area contributed by atoms with Crippen molar-refractivity contribution in [1.29, 1.82) is 0 Å². The number of fused-ring (bicyclic) bond motifs is 1. The van der Waals surface area contributed by atoms with Gasteiger partial charge < -0.3 is 19.6 Å². The molecule has 2 radical (unpaired) electrons. The second kappa shape index (κ2) is 7.52. The van der Waals surface area contributed by atoms with Gasteiger partial charge in [0.1, 0.15) is 9.52 Å². The summed E-state index contributed by atoms with van der Waals surface area (Å²) in [5.41, 5.74) is 0.811. The van der Waals surface area contributed by atoms with Gasteiger partial charge in [0.25, 0.3) is 4.74 Å². The number of H-pyrrole nitrogens is 1. The zero-order valence-electron chi connectivity index (χ0n) is 14.0. The summed E-state index contributed by atoms with van der Waals surface area (Å²) in [6.07, 6.45) is -1.27. The quantitative estimate of drug-likeness (QED) is 0.467. The monoisotopic (exact) mass is 385 g/mol. The van der Waals surface area contributed by atoms with E-state index < -0.39 is 20.7 Å². The Labute approximate surface area is 147 Å². The molecule has 0 aliphatic heterocycles. The van der Waals surface area contributed by atoms with Gasteiger partial charge >= 0.3 is 6.09 Å². The third kappa shape index (κ3) is 3.68. The molecule has 0 saturated heterocycles. The summed E-state index contributed by atoms with van der Waals surface area (Å²) in [5, 5.41) is 10.8. The number of rotatable bonds is 8. The molecule has 1 aromatic heterocycles. The van der Waals surface area contributed by atoms with E-state index in [1.165, 1.54) is 18.2 Å². The number of aromatic nitrogens is 2. The number of nitrogens with one attached hydrogen (secondary N) is 2. The van der Waals surface area contributed by atoms with E-state index in [2.05, 4.69) is 15.3 Å². The van der Waals surface area contributed by atoms with Gasteiger partial charge in [-0.05, 0) is 32.0 Å². The van der Waals surface area contributed by atoms with Crippen molar-refractivity contribution < 1.29 is 27.8 Å². The minimum Gasteiger partial charge on any atom is -0.465 e. The van der Waals surface area contributed by atoms with Crippen molar-refractivity contribution in [2.45, 2.75) is 30.0 Å². The zero-order chi connectivity index (χ0) is 18.7. The molecule has 0 atom stereocenters. The van der Waals surface area contributed by atoms with Crippen LogP contribution in [0.4, 0.5) is 10.7 Å². The first kappa shape index (κ1) is 19.4. The predicted octanol–water partition coefficient (Wildman–Crippen LogP) is 1.86. The van der Waals surface area contributed by atoms with E-state index in [0.717, 1.165) is 0 Å². The van der Waals surface area contributed by atoms with Crippen molar-refractivity contribution in [3.8, 4) is 0 Å². The first-order valence-corrected chi connectivity index (χ1v) is 10.5. The summed E-state index contributed by atoms with van der Waals surface area (Å²) < 4.78 is 35.5. The Hall–Kier alpha value is -1.95. The van der Waals surface area contributed by atoms with Crippen molar-refractivity contribution in [3.63, 3.8) is 0 Å². The Kier molecular flexibility index (Phi) is 5.82. The van der Waals surface area contributed by atoms with Gasteiger partial charge in [0.2, 0.25) is 15.8 Å². The Morgan fingerprint density at radius 1 is 1.36 bits per heavy atom.